The van der Waals surface area contributed by atoms with E-state index in [2.05, 4.69) is 153 Å². The molecular weight excluding hydrogens is 1230 g/mol. The van der Waals surface area contributed by atoms with E-state index in [4.69, 9.17) is 18.9 Å². The lowest BCUT2D eigenvalue weighted by Gasteiger charge is -2.28. The fourth-order valence-corrected chi connectivity index (χ4v) is 14.4. The van der Waals surface area contributed by atoms with E-state index in [0.717, 1.165) is 44.5 Å². The topological polar surface area (TPSA) is 153 Å². The molecule has 8 bridgehead atoms. The Morgan fingerprint density at radius 1 is 0.283 bits per heavy atom. The van der Waals surface area contributed by atoms with E-state index in [1.54, 1.807) is 0 Å². The molecule has 0 aromatic heterocycles. The van der Waals surface area contributed by atoms with Crippen LogP contribution in [0.3, 0.4) is 0 Å². The highest BCUT2D eigenvalue weighted by Crippen LogP contribution is 2.56. The minimum atomic E-state index is -0.420. The number of amides is 4. The Morgan fingerprint density at radius 2 is 0.435 bits per heavy atom. The number of hydrogen-bond acceptors (Lipinski definition) is 12. The second-order valence-corrected chi connectivity index (χ2v) is 31.8. The molecule has 0 saturated carbocycles. The first-order chi connectivity index (χ1) is 43.3. The van der Waals surface area contributed by atoms with Crippen molar-refractivity contribution in [2.45, 2.75) is 172 Å². The maximum absolute atomic E-state index is 14.2. The van der Waals surface area contributed by atoms with Gasteiger partial charge in [-0.3, -0.25) is 19.2 Å². The molecule has 1 aliphatic rings. The number of ether oxygens (including phenoxy) is 4. The molecule has 0 atom stereocenters. The second-order valence-electron chi connectivity index (χ2n) is 27.4. The quantitative estimate of drug-likeness (QED) is 0.0728. The summed E-state index contributed by atoms with van der Waals surface area (Å²) >= 11 is 5.69. The summed E-state index contributed by atoms with van der Waals surface area (Å²) in [5, 5.41) is 12.1. The smallest absolute Gasteiger partial charge is 0.262 e. The standard InChI is InChI=1S/C76H84N4O8S4/c1-45-17-25-53(26-18-45)77-65(81)41-85-69-57-33-49(73(5,6)7)34-58(69)90-60-36-51(75(11,12)13)38-62(71(60)87-43-67(83)79-55-29-21-47(3)22-30-55)92-64-40-52(76(14,15)16)39-63(72(64)88-44-68(84)80-56-31-23-48(4)24-32-56)91-61-37-50(74(8,9)10)35-59(89-57)70(61)86-42-66(82)78-54-27-19-46(2)20-28-54/h17-40H,41-44H2,1-16H3,(H,77,81)(H,78,82)(H,79,83)(H,80,84). The molecule has 1 aliphatic heterocycles. The molecule has 8 aromatic carbocycles. The first kappa shape index (κ1) is 68.6. The molecular formula is C76H84N4O8S4. The number of carbonyl (C=O) groups excluding carboxylic acids is 4. The Balaban J connectivity index is 1.32. The monoisotopic (exact) mass is 1310 g/mol. The molecule has 8 aromatic rings. The Morgan fingerprint density at radius 3 is 0.576 bits per heavy atom. The molecule has 4 amide bonds. The van der Waals surface area contributed by atoms with Gasteiger partial charge in [-0.25, -0.2) is 0 Å². The Hall–Kier alpha value is -7.76. The summed E-state index contributed by atoms with van der Waals surface area (Å²) in [6.45, 7) is 32.5. The Labute approximate surface area is 560 Å². The van der Waals surface area contributed by atoms with Crippen LogP contribution in [0.1, 0.15) is 128 Å². The highest BCUT2D eigenvalue weighted by molar-refractivity contribution is 8.01. The van der Waals surface area contributed by atoms with Gasteiger partial charge in [0.1, 0.15) is 23.0 Å². The van der Waals surface area contributed by atoms with Gasteiger partial charge >= 0.3 is 0 Å². The van der Waals surface area contributed by atoms with Crippen LogP contribution in [0.25, 0.3) is 0 Å². The third-order valence-corrected chi connectivity index (χ3v) is 19.3. The van der Waals surface area contributed by atoms with Crippen molar-refractivity contribution >= 4 is 93.4 Å². The van der Waals surface area contributed by atoms with Gasteiger partial charge in [0.25, 0.3) is 23.6 Å². The van der Waals surface area contributed by atoms with Crippen LogP contribution >= 0.6 is 47.0 Å². The summed E-state index contributed by atoms with van der Waals surface area (Å²) in [6, 6.07) is 47.4. The molecule has 0 spiro atoms. The number of anilines is 4. The molecule has 0 aliphatic carbocycles. The van der Waals surface area contributed by atoms with Crippen molar-refractivity contribution in [3.8, 4) is 23.0 Å². The van der Waals surface area contributed by atoms with E-state index in [9.17, 15) is 19.2 Å². The minimum absolute atomic E-state index is 0.349. The van der Waals surface area contributed by atoms with Crippen LogP contribution in [0.4, 0.5) is 22.7 Å². The van der Waals surface area contributed by atoms with Crippen molar-refractivity contribution in [3.05, 3.63) is 190 Å². The van der Waals surface area contributed by atoms with Crippen molar-refractivity contribution in [1.82, 2.24) is 0 Å². The molecule has 92 heavy (non-hydrogen) atoms. The molecule has 12 nitrogen and oxygen atoms in total. The third-order valence-electron chi connectivity index (χ3n) is 15.2. The maximum atomic E-state index is 14.2. The molecule has 1 heterocycles. The van der Waals surface area contributed by atoms with Gasteiger partial charge in [0.05, 0.1) is 39.2 Å². The largest absolute Gasteiger partial charge is 0.481 e. The summed E-state index contributed by atoms with van der Waals surface area (Å²) in [4.78, 5) is 62.3. The number of carbonyl (C=O) groups is 4. The van der Waals surface area contributed by atoms with Crippen molar-refractivity contribution in [1.29, 1.82) is 0 Å². The number of hydrogen-bond donors (Lipinski definition) is 4. The number of nitrogens with one attached hydrogen (secondary N) is 4. The van der Waals surface area contributed by atoms with Crippen LogP contribution in [0.2, 0.25) is 0 Å². The van der Waals surface area contributed by atoms with Gasteiger partial charge in [-0.15, -0.1) is 0 Å². The van der Waals surface area contributed by atoms with E-state index in [-0.39, 0.29) is 50.1 Å². The fraction of sp³-hybridized carbons (Fsp3) is 0.316. The lowest BCUT2D eigenvalue weighted by molar-refractivity contribution is -0.118. The third kappa shape index (κ3) is 18.3. The Bertz CT molecular complexity index is 3410. The van der Waals surface area contributed by atoms with Crippen molar-refractivity contribution in [2.24, 2.45) is 0 Å². The zero-order valence-corrected chi connectivity index (χ0v) is 58.8. The molecule has 0 radical (unpaired) electrons. The predicted octanol–water partition coefficient (Wildman–Crippen LogP) is 19.1. The SMILES string of the molecule is Cc1ccc(NC(=O)COc2c3cc(C(C)(C)C)cc2Sc2cc(C(C)(C)C)cc(c2OCC(=O)Nc2ccc(C)cc2)Sc2cc(C(C)(C)C)cc(c2OCC(=O)Nc2ccc(C)cc2)Sc2cc(C(C)(C)C)cc(c2OCC(=O)Nc2ccc(C)cc2)S3)cc1. The van der Waals surface area contributed by atoms with Gasteiger partial charge in [-0.1, -0.05) is 201 Å². The lowest BCUT2D eigenvalue weighted by Crippen LogP contribution is -2.21. The van der Waals surface area contributed by atoms with Crippen LogP contribution in [-0.4, -0.2) is 50.1 Å². The number of rotatable bonds is 16. The summed E-state index contributed by atoms with van der Waals surface area (Å²) < 4.78 is 27.9. The van der Waals surface area contributed by atoms with Crippen LogP contribution in [0.15, 0.2) is 185 Å². The summed E-state index contributed by atoms with van der Waals surface area (Å²) in [6.07, 6.45) is 0. The van der Waals surface area contributed by atoms with E-state index >= 15 is 0 Å². The Kier molecular flexibility index (Phi) is 21.3. The highest BCUT2D eigenvalue weighted by atomic mass is 32.2. The van der Waals surface area contributed by atoms with Gasteiger partial charge in [-0.2, -0.15) is 0 Å². The van der Waals surface area contributed by atoms with Crippen molar-refractivity contribution in [3.63, 3.8) is 0 Å². The summed E-state index contributed by atoms with van der Waals surface area (Å²) in [7, 11) is 0. The molecule has 0 unspecified atom stereocenters. The zero-order chi connectivity index (χ0) is 66.5. The first-order valence-corrected chi connectivity index (χ1v) is 34.0. The van der Waals surface area contributed by atoms with E-state index in [0.29, 0.717) is 84.9 Å². The van der Waals surface area contributed by atoms with E-state index < -0.39 is 21.7 Å². The molecule has 16 heteroatoms. The first-order valence-electron chi connectivity index (χ1n) is 30.7. The van der Waals surface area contributed by atoms with Crippen LogP contribution in [0.5, 0.6) is 23.0 Å². The average molecular weight is 1310 g/mol. The normalized spacial score (nSPS) is 12.5. The number of fused-ring (bicyclic) bond motifs is 8. The van der Waals surface area contributed by atoms with Gasteiger partial charge in [0.15, 0.2) is 26.4 Å². The van der Waals surface area contributed by atoms with Gasteiger partial charge in [0, 0.05) is 22.7 Å². The number of aryl methyl sites for hydroxylation is 4. The van der Waals surface area contributed by atoms with Gasteiger partial charge in [-0.05, 0) is 169 Å². The van der Waals surface area contributed by atoms with Crippen LogP contribution in [0, 0.1) is 27.7 Å². The molecule has 4 N–H and O–H groups in total. The van der Waals surface area contributed by atoms with Crippen LogP contribution < -0.4 is 40.2 Å². The average Bonchev–Trinajstić information content (AvgIpc) is 0.785. The highest BCUT2D eigenvalue weighted by Gasteiger charge is 2.32. The summed E-state index contributed by atoms with van der Waals surface area (Å²) in [5.41, 5.74) is 8.97. The second kappa shape index (κ2) is 28.6. The minimum Gasteiger partial charge on any atom is -0.481 e. The fourth-order valence-electron chi connectivity index (χ4n) is 9.57. The van der Waals surface area contributed by atoms with E-state index in [1.807, 2.05) is 125 Å². The van der Waals surface area contributed by atoms with Crippen molar-refractivity contribution in [2.75, 3.05) is 47.7 Å². The number of benzene rings is 8. The van der Waals surface area contributed by atoms with Crippen molar-refractivity contribution < 1.29 is 38.1 Å². The molecule has 0 saturated heterocycles. The van der Waals surface area contributed by atoms with Gasteiger partial charge in [0.2, 0.25) is 0 Å². The molecule has 0 fully saturated rings. The predicted molar refractivity (Wildman–Crippen MR) is 378 cm³/mol. The zero-order valence-electron chi connectivity index (χ0n) is 55.6. The maximum Gasteiger partial charge on any atom is 0.262 e. The molecule has 9 rings (SSSR count). The van der Waals surface area contributed by atoms with E-state index in [1.165, 1.54) is 47.0 Å². The summed E-state index contributed by atoms with van der Waals surface area (Å²) in [5.74, 6) is 0.255. The van der Waals surface area contributed by atoms with Gasteiger partial charge < -0.3 is 40.2 Å². The van der Waals surface area contributed by atoms with Crippen LogP contribution in [-0.2, 0) is 40.8 Å². The lowest BCUT2D eigenvalue weighted by atomic mass is 9.87. The molecule has 480 valence electrons.